The van der Waals surface area contributed by atoms with Crippen LogP contribution in [0.4, 0.5) is 0 Å². The second-order valence-electron chi connectivity index (χ2n) is 6.43. The van der Waals surface area contributed by atoms with Crippen molar-refractivity contribution in [1.29, 1.82) is 0 Å². The number of carbonyl (C=O) groups is 1. The molecular formula is C15H22O4. The Morgan fingerprint density at radius 2 is 1.53 bits per heavy atom. The molecule has 0 bridgehead atoms. The zero-order valence-corrected chi connectivity index (χ0v) is 11.4. The van der Waals surface area contributed by atoms with Crippen LogP contribution in [0.3, 0.4) is 0 Å². The quantitative estimate of drug-likeness (QED) is 0.672. The molecule has 3 heterocycles. The lowest BCUT2D eigenvalue weighted by atomic mass is 9.59. The summed E-state index contributed by atoms with van der Waals surface area (Å²) in [5.41, 5.74) is -1.46. The van der Waals surface area contributed by atoms with E-state index in [1.807, 2.05) is 0 Å². The van der Waals surface area contributed by atoms with Crippen molar-refractivity contribution in [1.82, 2.24) is 0 Å². The zero-order chi connectivity index (χ0) is 13.0. The number of rotatable bonds is 0. The number of ether oxygens (including phenoxy) is 3. The van der Waals surface area contributed by atoms with Crippen LogP contribution in [0.1, 0.15) is 51.4 Å². The van der Waals surface area contributed by atoms with Gasteiger partial charge in [-0.15, -0.1) is 0 Å². The molecule has 3 spiro atoms. The largest absolute Gasteiger partial charge is 0.372 e. The van der Waals surface area contributed by atoms with E-state index in [0.29, 0.717) is 13.0 Å². The van der Waals surface area contributed by atoms with Gasteiger partial charge in [0.25, 0.3) is 0 Å². The third kappa shape index (κ3) is 1.33. The van der Waals surface area contributed by atoms with Crippen LogP contribution in [0.2, 0.25) is 0 Å². The highest BCUT2D eigenvalue weighted by Crippen LogP contribution is 2.59. The van der Waals surface area contributed by atoms with Crippen LogP contribution in [0.15, 0.2) is 0 Å². The SMILES string of the molecule is O=C1CC[C@@]2(CCCO2)[C@@]2(CCCO2)[C@]12CCCO2. The van der Waals surface area contributed by atoms with E-state index in [1.54, 1.807) is 0 Å². The van der Waals surface area contributed by atoms with Gasteiger partial charge in [0.15, 0.2) is 11.4 Å². The Balaban J connectivity index is 1.85. The van der Waals surface area contributed by atoms with Gasteiger partial charge in [-0.1, -0.05) is 0 Å². The van der Waals surface area contributed by atoms with Gasteiger partial charge in [0.2, 0.25) is 0 Å². The summed E-state index contributed by atoms with van der Waals surface area (Å²) in [4.78, 5) is 12.7. The topological polar surface area (TPSA) is 44.8 Å². The highest BCUT2D eigenvalue weighted by Gasteiger charge is 2.73. The molecule has 4 heteroatoms. The average molecular weight is 266 g/mol. The van der Waals surface area contributed by atoms with Gasteiger partial charge >= 0.3 is 0 Å². The number of fused-ring (bicyclic) bond motifs is 2. The Bertz CT molecular complexity index is 385. The highest BCUT2D eigenvalue weighted by atomic mass is 16.6. The van der Waals surface area contributed by atoms with Crippen molar-refractivity contribution in [2.24, 2.45) is 0 Å². The van der Waals surface area contributed by atoms with Gasteiger partial charge in [-0.3, -0.25) is 4.79 Å². The van der Waals surface area contributed by atoms with Crippen LogP contribution < -0.4 is 0 Å². The molecule has 4 aliphatic rings. The minimum atomic E-state index is -0.702. The van der Waals surface area contributed by atoms with Crippen molar-refractivity contribution in [2.45, 2.75) is 68.2 Å². The summed E-state index contributed by atoms with van der Waals surface area (Å²) in [5, 5.41) is 0. The molecule has 4 nitrogen and oxygen atoms in total. The van der Waals surface area contributed by atoms with E-state index in [-0.39, 0.29) is 11.4 Å². The molecule has 3 aliphatic heterocycles. The second-order valence-corrected chi connectivity index (χ2v) is 6.43. The molecule has 0 N–H and O–H groups in total. The molecule has 19 heavy (non-hydrogen) atoms. The fourth-order valence-corrected chi connectivity index (χ4v) is 5.02. The summed E-state index contributed by atoms with van der Waals surface area (Å²) < 4.78 is 18.5. The first-order valence-corrected chi connectivity index (χ1v) is 7.70. The first-order valence-electron chi connectivity index (χ1n) is 7.70. The highest BCUT2D eigenvalue weighted by molar-refractivity contribution is 5.91. The summed E-state index contributed by atoms with van der Waals surface area (Å²) in [7, 11) is 0. The Hall–Kier alpha value is -0.450. The molecular weight excluding hydrogens is 244 g/mol. The first kappa shape index (κ1) is 12.3. The molecule has 4 rings (SSSR count). The lowest BCUT2D eigenvalue weighted by molar-refractivity contribution is -0.262. The van der Waals surface area contributed by atoms with E-state index in [1.165, 1.54) is 0 Å². The van der Waals surface area contributed by atoms with Crippen LogP contribution >= 0.6 is 0 Å². The number of carbonyl (C=O) groups excluding carboxylic acids is 1. The summed E-state index contributed by atoms with van der Waals surface area (Å²) in [6, 6.07) is 0. The molecule has 0 aromatic carbocycles. The lowest BCUT2D eigenvalue weighted by Gasteiger charge is -2.56. The predicted octanol–water partition coefficient (Wildman–Crippen LogP) is 2.00. The van der Waals surface area contributed by atoms with Gasteiger partial charge in [-0.05, 0) is 44.9 Å². The van der Waals surface area contributed by atoms with Crippen LogP contribution in [0, 0.1) is 0 Å². The Morgan fingerprint density at radius 3 is 2.16 bits per heavy atom. The Kier molecular flexibility index (Phi) is 2.61. The van der Waals surface area contributed by atoms with E-state index in [9.17, 15) is 4.79 Å². The zero-order valence-electron chi connectivity index (χ0n) is 11.4. The van der Waals surface area contributed by atoms with E-state index >= 15 is 0 Å². The predicted molar refractivity (Wildman–Crippen MR) is 68.0 cm³/mol. The van der Waals surface area contributed by atoms with E-state index in [0.717, 1.165) is 58.2 Å². The molecule has 0 aromatic rings. The molecule has 1 aliphatic carbocycles. The summed E-state index contributed by atoms with van der Waals surface area (Å²) >= 11 is 0. The summed E-state index contributed by atoms with van der Waals surface area (Å²) in [5.74, 6) is 0.257. The fourth-order valence-electron chi connectivity index (χ4n) is 5.02. The number of hydrogen-bond acceptors (Lipinski definition) is 4. The smallest absolute Gasteiger partial charge is 0.167 e. The van der Waals surface area contributed by atoms with E-state index in [2.05, 4.69) is 0 Å². The third-order valence-electron chi connectivity index (χ3n) is 5.74. The Morgan fingerprint density at radius 1 is 0.789 bits per heavy atom. The molecule has 106 valence electrons. The minimum Gasteiger partial charge on any atom is -0.372 e. The first-order chi connectivity index (χ1) is 9.25. The van der Waals surface area contributed by atoms with E-state index < -0.39 is 11.2 Å². The van der Waals surface area contributed by atoms with Crippen molar-refractivity contribution in [3.8, 4) is 0 Å². The van der Waals surface area contributed by atoms with Crippen molar-refractivity contribution in [3.63, 3.8) is 0 Å². The van der Waals surface area contributed by atoms with Crippen LogP contribution in [-0.2, 0) is 19.0 Å². The van der Waals surface area contributed by atoms with Crippen molar-refractivity contribution in [3.05, 3.63) is 0 Å². The third-order valence-corrected chi connectivity index (χ3v) is 5.74. The molecule has 0 unspecified atom stereocenters. The maximum Gasteiger partial charge on any atom is 0.167 e. The molecule has 4 fully saturated rings. The van der Waals surface area contributed by atoms with Crippen LogP contribution in [0.25, 0.3) is 0 Å². The lowest BCUT2D eigenvalue weighted by Crippen LogP contribution is -2.72. The van der Waals surface area contributed by atoms with Gasteiger partial charge in [0.05, 0.1) is 0 Å². The van der Waals surface area contributed by atoms with Crippen molar-refractivity contribution >= 4 is 5.78 Å². The summed E-state index contributed by atoms with van der Waals surface area (Å²) in [6.07, 6.45) is 7.22. The van der Waals surface area contributed by atoms with Gasteiger partial charge in [-0.25, -0.2) is 0 Å². The molecule has 1 saturated carbocycles. The normalized spacial score (nSPS) is 50.0. The van der Waals surface area contributed by atoms with Gasteiger partial charge < -0.3 is 14.2 Å². The molecule has 0 aromatic heterocycles. The molecule has 0 radical (unpaired) electrons. The van der Waals surface area contributed by atoms with Gasteiger partial charge in [0.1, 0.15) is 11.2 Å². The Labute approximate surface area is 113 Å². The van der Waals surface area contributed by atoms with Crippen LogP contribution in [0.5, 0.6) is 0 Å². The number of Topliss-reactive ketones (excluding diaryl/α,β-unsaturated/α-hetero) is 1. The van der Waals surface area contributed by atoms with E-state index in [4.69, 9.17) is 14.2 Å². The van der Waals surface area contributed by atoms with Crippen molar-refractivity contribution < 1.29 is 19.0 Å². The number of ketones is 1. The fraction of sp³-hybridized carbons (Fsp3) is 0.933. The maximum atomic E-state index is 12.7. The van der Waals surface area contributed by atoms with Crippen molar-refractivity contribution in [2.75, 3.05) is 19.8 Å². The maximum absolute atomic E-state index is 12.7. The second kappa shape index (κ2) is 4.03. The standard InChI is InChI=1S/C15H22O4/c16-12-4-8-13(5-1-9-17-13)15(7-3-11-19-15)14(12)6-2-10-18-14/h1-11H2/t13-,14-,15-/m0/s1. The monoisotopic (exact) mass is 266 g/mol. The van der Waals surface area contributed by atoms with Gasteiger partial charge in [-0.2, -0.15) is 0 Å². The molecule has 3 atom stereocenters. The number of hydrogen-bond donors (Lipinski definition) is 0. The average Bonchev–Trinajstić information content (AvgIpc) is 3.13. The molecule has 3 saturated heterocycles. The van der Waals surface area contributed by atoms with Gasteiger partial charge in [0, 0.05) is 26.2 Å². The minimum absolute atomic E-state index is 0.257. The molecule has 0 amide bonds. The summed E-state index contributed by atoms with van der Waals surface area (Å²) in [6.45, 7) is 2.23. The van der Waals surface area contributed by atoms with Crippen LogP contribution in [-0.4, -0.2) is 42.4 Å².